The second-order valence-corrected chi connectivity index (χ2v) is 13.0. The molecule has 0 aliphatic heterocycles. The van der Waals surface area contributed by atoms with Gasteiger partial charge in [0.2, 0.25) is 0 Å². The van der Waals surface area contributed by atoms with Crippen molar-refractivity contribution in [3.63, 3.8) is 0 Å². The van der Waals surface area contributed by atoms with Gasteiger partial charge in [-0.2, -0.15) is 0 Å². The molecule has 7 heteroatoms. The molecule has 0 unspecified atom stereocenters. The molecule has 41 heavy (non-hydrogen) atoms. The largest absolute Gasteiger partial charge is 0.497 e. The molecule has 0 aliphatic carbocycles. The summed E-state index contributed by atoms with van der Waals surface area (Å²) in [5, 5.41) is 9.77. The minimum atomic E-state index is -3.76. The molecule has 0 aliphatic rings. The maximum absolute atomic E-state index is 13.6. The summed E-state index contributed by atoms with van der Waals surface area (Å²) in [5.74, 6) is 1.26. The smallest absolute Gasteiger partial charge is 0.268 e. The third-order valence-electron chi connectivity index (χ3n) is 8.03. The van der Waals surface area contributed by atoms with Crippen LogP contribution in [0.1, 0.15) is 108 Å². The predicted molar refractivity (Wildman–Crippen MR) is 169 cm³/mol. The second kappa shape index (κ2) is 18.1. The van der Waals surface area contributed by atoms with E-state index in [1.807, 2.05) is 12.1 Å². The number of methoxy groups -OCH3 is 2. The summed E-state index contributed by atoms with van der Waals surface area (Å²) in [6.07, 6.45) is 22.9. The first-order chi connectivity index (χ1) is 20.0. The van der Waals surface area contributed by atoms with E-state index in [-0.39, 0.29) is 4.90 Å². The van der Waals surface area contributed by atoms with Crippen LogP contribution in [0, 0.1) is 0 Å². The van der Waals surface area contributed by atoms with Crippen LogP contribution in [-0.2, 0) is 16.4 Å². The van der Waals surface area contributed by atoms with Gasteiger partial charge in [-0.3, -0.25) is 0 Å². The number of rotatable bonds is 22. The van der Waals surface area contributed by atoms with Crippen LogP contribution in [0.5, 0.6) is 11.5 Å². The first kappa shape index (κ1) is 33.0. The van der Waals surface area contributed by atoms with Crippen LogP contribution in [0.2, 0.25) is 0 Å². The fourth-order valence-electron chi connectivity index (χ4n) is 5.53. The van der Waals surface area contributed by atoms with Crippen molar-refractivity contribution in [3.8, 4) is 11.5 Å². The Morgan fingerprint density at radius 1 is 0.634 bits per heavy atom. The van der Waals surface area contributed by atoms with Crippen LogP contribution >= 0.6 is 0 Å². The number of aryl methyl sites for hydroxylation is 1. The van der Waals surface area contributed by atoms with Crippen molar-refractivity contribution in [2.24, 2.45) is 0 Å². The van der Waals surface area contributed by atoms with E-state index in [1.165, 1.54) is 87.4 Å². The van der Waals surface area contributed by atoms with Gasteiger partial charge in [0.15, 0.2) is 0 Å². The van der Waals surface area contributed by atoms with E-state index < -0.39 is 10.0 Å². The van der Waals surface area contributed by atoms with Gasteiger partial charge in [0.1, 0.15) is 11.5 Å². The van der Waals surface area contributed by atoms with Crippen LogP contribution in [0.15, 0.2) is 53.6 Å². The quantitative estimate of drug-likeness (QED) is 0.119. The molecular formula is C34H51NO5S. The normalized spacial score (nSPS) is 11.8. The predicted octanol–water partition coefficient (Wildman–Crippen LogP) is 8.67. The van der Waals surface area contributed by atoms with Crippen molar-refractivity contribution >= 4 is 20.9 Å². The molecule has 1 heterocycles. The third kappa shape index (κ3) is 10.4. The third-order valence-corrected chi connectivity index (χ3v) is 9.72. The topological polar surface area (TPSA) is 77.8 Å². The van der Waals surface area contributed by atoms with Crippen LogP contribution in [-0.4, -0.2) is 38.3 Å². The zero-order valence-corrected chi connectivity index (χ0v) is 26.1. The average molecular weight is 586 g/mol. The minimum absolute atomic E-state index is 0.231. The molecule has 228 valence electrons. The molecule has 3 rings (SSSR count). The van der Waals surface area contributed by atoms with Gasteiger partial charge < -0.3 is 14.6 Å². The number of ether oxygens (including phenoxy) is 2. The SMILES string of the molecule is COc1ccc(S(=O)(=O)n2cc(CCCCCCCCCCCCCCCCCCO)c3ccc(OC)cc32)cc1. The lowest BCUT2D eigenvalue weighted by atomic mass is 10.0. The Hall–Kier alpha value is -2.51. The van der Waals surface area contributed by atoms with Crippen molar-refractivity contribution < 1.29 is 23.0 Å². The average Bonchev–Trinajstić information content (AvgIpc) is 3.37. The highest BCUT2D eigenvalue weighted by atomic mass is 32.2. The number of unbranched alkanes of at least 4 members (excludes halogenated alkanes) is 15. The molecule has 0 fully saturated rings. The molecular weight excluding hydrogens is 534 g/mol. The van der Waals surface area contributed by atoms with E-state index >= 15 is 0 Å². The molecule has 0 bridgehead atoms. The van der Waals surface area contributed by atoms with E-state index in [0.717, 1.165) is 36.6 Å². The minimum Gasteiger partial charge on any atom is -0.497 e. The molecule has 0 saturated heterocycles. The number of aromatic nitrogens is 1. The van der Waals surface area contributed by atoms with Crippen molar-refractivity contribution in [3.05, 3.63) is 54.2 Å². The molecule has 0 amide bonds. The summed E-state index contributed by atoms with van der Waals surface area (Å²) in [4.78, 5) is 0.231. The zero-order chi connectivity index (χ0) is 29.3. The Kier molecular flexibility index (Phi) is 14.6. The molecule has 0 saturated carbocycles. The Balaban J connectivity index is 1.40. The van der Waals surface area contributed by atoms with E-state index in [2.05, 4.69) is 0 Å². The summed E-state index contributed by atoms with van der Waals surface area (Å²) in [6.45, 7) is 0.337. The van der Waals surface area contributed by atoms with Gasteiger partial charge in [0.25, 0.3) is 10.0 Å². The number of hydrogen-bond acceptors (Lipinski definition) is 5. The summed E-state index contributed by atoms with van der Waals surface area (Å²) in [7, 11) is -0.597. The zero-order valence-electron chi connectivity index (χ0n) is 25.3. The molecule has 3 aromatic rings. The summed E-state index contributed by atoms with van der Waals surface area (Å²) in [5.41, 5.74) is 1.71. The van der Waals surface area contributed by atoms with Crippen LogP contribution in [0.25, 0.3) is 10.9 Å². The van der Waals surface area contributed by atoms with Crippen LogP contribution < -0.4 is 9.47 Å². The van der Waals surface area contributed by atoms with Crippen molar-refractivity contribution in [1.29, 1.82) is 0 Å². The molecule has 1 N–H and O–H groups in total. The van der Waals surface area contributed by atoms with Gasteiger partial charge in [-0.05, 0) is 61.2 Å². The molecule has 0 atom stereocenters. The Morgan fingerprint density at radius 2 is 1.10 bits per heavy atom. The molecule has 0 spiro atoms. The van der Waals surface area contributed by atoms with E-state index in [0.29, 0.717) is 23.6 Å². The summed E-state index contributed by atoms with van der Waals surface area (Å²) < 4.78 is 39.1. The van der Waals surface area contributed by atoms with Gasteiger partial charge in [-0.25, -0.2) is 12.4 Å². The van der Waals surface area contributed by atoms with Gasteiger partial charge in [-0.1, -0.05) is 89.9 Å². The maximum Gasteiger partial charge on any atom is 0.268 e. The number of hydrogen-bond donors (Lipinski definition) is 1. The van der Waals surface area contributed by atoms with E-state index in [4.69, 9.17) is 14.6 Å². The second-order valence-electron chi connectivity index (χ2n) is 11.1. The first-order valence-corrected chi connectivity index (χ1v) is 17.1. The fourth-order valence-corrected chi connectivity index (χ4v) is 6.92. The van der Waals surface area contributed by atoms with Crippen molar-refractivity contribution in [2.75, 3.05) is 20.8 Å². The fraction of sp³-hybridized carbons (Fsp3) is 0.588. The molecule has 2 aromatic carbocycles. The first-order valence-electron chi connectivity index (χ1n) is 15.7. The van der Waals surface area contributed by atoms with E-state index in [1.54, 1.807) is 50.7 Å². The van der Waals surface area contributed by atoms with Crippen molar-refractivity contribution in [2.45, 2.75) is 114 Å². The van der Waals surface area contributed by atoms with Gasteiger partial charge >= 0.3 is 0 Å². The van der Waals surface area contributed by atoms with Crippen molar-refractivity contribution in [1.82, 2.24) is 3.97 Å². The highest BCUT2D eigenvalue weighted by molar-refractivity contribution is 7.90. The monoisotopic (exact) mass is 585 g/mol. The number of nitrogens with zero attached hydrogens (tertiary/aromatic N) is 1. The standard InChI is InChI=1S/C34H51NO5S/c1-39-30-20-23-32(24-21-30)41(37,38)35-28-29(33-25-22-31(40-2)27-34(33)35)19-17-15-13-11-9-7-5-3-4-6-8-10-12-14-16-18-26-36/h20-25,27-28,36H,3-19,26H2,1-2H3. The number of aliphatic hydroxyl groups is 1. The molecule has 6 nitrogen and oxygen atoms in total. The van der Waals surface area contributed by atoms with Gasteiger partial charge in [-0.15, -0.1) is 0 Å². The maximum atomic E-state index is 13.6. The highest BCUT2D eigenvalue weighted by Gasteiger charge is 2.22. The van der Waals surface area contributed by atoms with Gasteiger partial charge in [0, 0.05) is 24.3 Å². The molecule has 0 radical (unpaired) electrons. The van der Waals surface area contributed by atoms with Crippen LogP contribution in [0.3, 0.4) is 0 Å². The molecule has 1 aromatic heterocycles. The summed E-state index contributed by atoms with van der Waals surface area (Å²) in [6, 6.07) is 12.2. The van der Waals surface area contributed by atoms with Crippen LogP contribution in [0.4, 0.5) is 0 Å². The number of aliphatic hydroxyl groups excluding tert-OH is 1. The lowest BCUT2D eigenvalue weighted by Gasteiger charge is -2.09. The highest BCUT2D eigenvalue weighted by Crippen LogP contribution is 2.31. The number of benzene rings is 2. The van der Waals surface area contributed by atoms with E-state index in [9.17, 15) is 8.42 Å². The Morgan fingerprint density at radius 3 is 1.59 bits per heavy atom. The summed E-state index contributed by atoms with van der Waals surface area (Å²) >= 11 is 0. The Labute approximate surface area is 248 Å². The lowest BCUT2D eigenvalue weighted by Crippen LogP contribution is -2.11. The number of fused-ring (bicyclic) bond motifs is 1. The Bertz CT molecular complexity index is 1250. The lowest BCUT2D eigenvalue weighted by molar-refractivity contribution is 0.282. The van der Waals surface area contributed by atoms with Gasteiger partial charge in [0.05, 0.1) is 24.6 Å².